The molecule has 6 nitrogen and oxygen atoms in total. The van der Waals surface area contributed by atoms with Crippen molar-refractivity contribution in [2.45, 2.75) is 40.3 Å². The van der Waals surface area contributed by atoms with Gasteiger partial charge < -0.3 is 5.32 Å². The standard InChI is InChI=1S/C23H25N5O/c1-5-17-9-11-18(12-10-17)21-26-22(25-19-8-6-7-14(2)16(19)4)27-23-24-15(3)13-20(29)28(21)23/h6-13,21H,5H2,1-4H3,(H2,24,25,26,27). The summed E-state index contributed by atoms with van der Waals surface area (Å²) in [6.07, 6.45) is 0.484. The van der Waals surface area contributed by atoms with Crippen molar-refractivity contribution in [2.24, 2.45) is 4.99 Å². The Kier molecular flexibility index (Phi) is 4.92. The van der Waals surface area contributed by atoms with Gasteiger partial charge in [-0.1, -0.05) is 43.3 Å². The lowest BCUT2D eigenvalue weighted by molar-refractivity contribution is 0.577. The summed E-state index contributed by atoms with van der Waals surface area (Å²) in [5, 5.41) is 6.56. The van der Waals surface area contributed by atoms with Crippen molar-refractivity contribution in [3.05, 3.63) is 86.8 Å². The van der Waals surface area contributed by atoms with Crippen LogP contribution in [0.5, 0.6) is 0 Å². The number of hydrogen-bond acceptors (Lipinski definition) is 5. The molecule has 4 rings (SSSR count). The van der Waals surface area contributed by atoms with Gasteiger partial charge in [0, 0.05) is 17.4 Å². The van der Waals surface area contributed by atoms with Gasteiger partial charge >= 0.3 is 0 Å². The fourth-order valence-electron chi connectivity index (χ4n) is 3.48. The number of rotatable bonds is 3. The molecular weight excluding hydrogens is 362 g/mol. The predicted octanol–water partition coefficient (Wildman–Crippen LogP) is 4.17. The lowest BCUT2D eigenvalue weighted by Gasteiger charge is -2.27. The van der Waals surface area contributed by atoms with Gasteiger partial charge in [-0.2, -0.15) is 0 Å². The van der Waals surface area contributed by atoms with Gasteiger partial charge in [0.15, 0.2) is 6.17 Å². The molecule has 0 spiro atoms. The number of nitrogens with one attached hydrogen (secondary N) is 2. The molecule has 1 unspecified atom stereocenters. The minimum atomic E-state index is -0.481. The van der Waals surface area contributed by atoms with Crippen LogP contribution in [0.3, 0.4) is 0 Å². The number of aromatic nitrogens is 2. The maximum absolute atomic E-state index is 12.7. The van der Waals surface area contributed by atoms with Crippen LogP contribution in [0.1, 0.15) is 41.0 Å². The Morgan fingerprint density at radius 2 is 1.86 bits per heavy atom. The van der Waals surface area contributed by atoms with Crippen LogP contribution >= 0.6 is 0 Å². The average molecular weight is 387 g/mol. The van der Waals surface area contributed by atoms with Crippen LogP contribution in [0.15, 0.2) is 58.3 Å². The quantitative estimate of drug-likeness (QED) is 0.708. The van der Waals surface area contributed by atoms with Crippen molar-refractivity contribution in [3.8, 4) is 0 Å². The number of guanidine groups is 1. The zero-order valence-electron chi connectivity index (χ0n) is 17.2. The highest BCUT2D eigenvalue weighted by Gasteiger charge is 2.25. The Balaban J connectivity index is 1.80. The van der Waals surface area contributed by atoms with E-state index in [4.69, 9.17) is 4.99 Å². The van der Waals surface area contributed by atoms with Gasteiger partial charge in [0.2, 0.25) is 11.9 Å². The number of anilines is 2. The molecule has 148 valence electrons. The van der Waals surface area contributed by atoms with E-state index in [9.17, 15) is 4.79 Å². The third-order valence-corrected chi connectivity index (χ3v) is 5.35. The molecule has 0 fully saturated rings. The molecule has 0 radical (unpaired) electrons. The van der Waals surface area contributed by atoms with Crippen molar-refractivity contribution in [1.29, 1.82) is 0 Å². The van der Waals surface area contributed by atoms with E-state index < -0.39 is 6.17 Å². The van der Waals surface area contributed by atoms with Crippen molar-refractivity contribution < 1.29 is 0 Å². The molecule has 1 aliphatic heterocycles. The second-order valence-electron chi connectivity index (χ2n) is 7.37. The van der Waals surface area contributed by atoms with Crippen LogP contribution in [-0.2, 0) is 6.42 Å². The monoisotopic (exact) mass is 387 g/mol. The molecule has 3 aromatic rings. The van der Waals surface area contributed by atoms with Crippen LogP contribution in [0.25, 0.3) is 0 Å². The van der Waals surface area contributed by atoms with E-state index >= 15 is 0 Å². The van der Waals surface area contributed by atoms with Crippen molar-refractivity contribution in [3.63, 3.8) is 0 Å². The predicted molar refractivity (Wildman–Crippen MR) is 118 cm³/mol. The van der Waals surface area contributed by atoms with Crippen LogP contribution < -0.4 is 16.2 Å². The van der Waals surface area contributed by atoms with Gasteiger partial charge in [0.1, 0.15) is 0 Å². The Morgan fingerprint density at radius 1 is 1.10 bits per heavy atom. The molecule has 29 heavy (non-hydrogen) atoms. The normalized spacial score (nSPS) is 15.3. The fourth-order valence-corrected chi connectivity index (χ4v) is 3.48. The number of nitrogens with zero attached hydrogens (tertiary/aromatic N) is 3. The molecule has 1 aromatic heterocycles. The first kappa shape index (κ1) is 18.9. The van der Waals surface area contributed by atoms with Crippen molar-refractivity contribution in [1.82, 2.24) is 9.55 Å². The summed E-state index contributed by atoms with van der Waals surface area (Å²) in [6, 6.07) is 15.9. The Hall–Kier alpha value is -3.41. The number of benzene rings is 2. The van der Waals surface area contributed by atoms with Gasteiger partial charge in [0.25, 0.3) is 5.56 Å². The summed E-state index contributed by atoms with van der Waals surface area (Å²) >= 11 is 0. The SMILES string of the molecule is CCc1ccc(C2N=C(Nc3cccc(C)c3C)Nc3nc(C)cc(=O)n32)cc1. The van der Waals surface area contributed by atoms with Gasteiger partial charge in [-0.05, 0) is 55.5 Å². The minimum Gasteiger partial charge on any atom is -0.326 e. The maximum atomic E-state index is 12.7. The first-order chi connectivity index (χ1) is 14.0. The second-order valence-corrected chi connectivity index (χ2v) is 7.37. The van der Waals surface area contributed by atoms with E-state index in [1.54, 1.807) is 4.57 Å². The lowest BCUT2D eigenvalue weighted by atomic mass is 10.1. The molecule has 2 heterocycles. The highest BCUT2D eigenvalue weighted by Crippen LogP contribution is 2.27. The van der Waals surface area contributed by atoms with E-state index in [-0.39, 0.29) is 5.56 Å². The lowest BCUT2D eigenvalue weighted by Crippen LogP contribution is -2.37. The van der Waals surface area contributed by atoms with Crippen molar-refractivity contribution in [2.75, 3.05) is 10.6 Å². The molecule has 2 aromatic carbocycles. The Bertz CT molecular complexity index is 1140. The highest BCUT2D eigenvalue weighted by atomic mass is 16.1. The topological polar surface area (TPSA) is 71.3 Å². The van der Waals surface area contributed by atoms with E-state index in [1.807, 2.05) is 31.2 Å². The first-order valence-electron chi connectivity index (χ1n) is 9.83. The fraction of sp³-hybridized carbons (Fsp3) is 0.261. The van der Waals surface area contributed by atoms with Crippen LogP contribution in [0, 0.1) is 20.8 Å². The van der Waals surface area contributed by atoms with Gasteiger partial charge in [-0.25, -0.2) is 9.98 Å². The minimum absolute atomic E-state index is 0.126. The summed E-state index contributed by atoms with van der Waals surface area (Å²) in [5.74, 6) is 1.06. The zero-order valence-corrected chi connectivity index (χ0v) is 17.2. The third-order valence-electron chi connectivity index (χ3n) is 5.35. The van der Waals surface area contributed by atoms with Crippen LogP contribution in [0.2, 0.25) is 0 Å². The largest absolute Gasteiger partial charge is 0.326 e. The molecular formula is C23H25N5O. The molecule has 0 saturated heterocycles. The smallest absolute Gasteiger partial charge is 0.257 e. The van der Waals surface area contributed by atoms with E-state index in [0.717, 1.165) is 23.2 Å². The molecule has 0 aliphatic carbocycles. The number of fused-ring (bicyclic) bond motifs is 1. The summed E-state index contributed by atoms with van der Waals surface area (Å²) < 4.78 is 1.60. The van der Waals surface area contributed by atoms with Gasteiger partial charge in [-0.15, -0.1) is 0 Å². The number of aryl methyl sites for hydroxylation is 3. The molecule has 6 heteroatoms. The molecule has 0 bridgehead atoms. The summed E-state index contributed by atoms with van der Waals surface area (Å²) in [4.78, 5) is 22.1. The molecule has 0 amide bonds. The zero-order chi connectivity index (χ0) is 20.5. The van der Waals surface area contributed by atoms with E-state index in [1.165, 1.54) is 17.2 Å². The van der Waals surface area contributed by atoms with E-state index in [2.05, 4.69) is 54.6 Å². The van der Waals surface area contributed by atoms with Gasteiger partial charge in [0.05, 0.1) is 0 Å². The highest BCUT2D eigenvalue weighted by molar-refractivity contribution is 6.04. The maximum Gasteiger partial charge on any atom is 0.257 e. The summed E-state index contributed by atoms with van der Waals surface area (Å²) in [7, 11) is 0. The van der Waals surface area contributed by atoms with Crippen molar-refractivity contribution >= 4 is 17.6 Å². The average Bonchev–Trinajstić information content (AvgIpc) is 2.70. The third kappa shape index (κ3) is 3.66. The van der Waals surface area contributed by atoms with Crippen LogP contribution in [0.4, 0.5) is 11.6 Å². The summed E-state index contributed by atoms with van der Waals surface area (Å²) in [5.41, 5.74) is 6.05. The molecule has 1 atom stereocenters. The number of hydrogen-bond donors (Lipinski definition) is 2. The summed E-state index contributed by atoms with van der Waals surface area (Å²) in [6.45, 7) is 8.09. The molecule has 1 aliphatic rings. The Labute approximate surface area is 170 Å². The Morgan fingerprint density at radius 3 is 2.59 bits per heavy atom. The molecule has 0 saturated carbocycles. The molecule has 2 N–H and O–H groups in total. The van der Waals surface area contributed by atoms with Gasteiger partial charge in [-0.3, -0.25) is 14.7 Å². The second kappa shape index (κ2) is 7.54. The van der Waals surface area contributed by atoms with Crippen LogP contribution in [-0.4, -0.2) is 15.5 Å². The number of aliphatic imine (C=N–C) groups is 1. The van der Waals surface area contributed by atoms with E-state index in [0.29, 0.717) is 17.6 Å². The first-order valence-corrected chi connectivity index (χ1v) is 9.83.